The van der Waals surface area contributed by atoms with Gasteiger partial charge in [0, 0.05) is 12.6 Å². The number of rotatable bonds is 10. The molecule has 0 aromatic rings. The Morgan fingerprint density at radius 1 is 1.10 bits per heavy atom. The maximum Gasteiger partial charge on any atom is 0.0834 e. The van der Waals surface area contributed by atoms with E-state index >= 15 is 0 Å². The van der Waals surface area contributed by atoms with Crippen LogP contribution in [0.5, 0.6) is 0 Å². The Kier molecular flexibility index (Phi) is 8.79. The summed E-state index contributed by atoms with van der Waals surface area (Å²) in [6.45, 7) is 7.66. The lowest BCUT2D eigenvalue weighted by Crippen LogP contribution is -2.53. The van der Waals surface area contributed by atoms with Crippen molar-refractivity contribution in [2.24, 2.45) is 5.92 Å². The fourth-order valence-corrected chi connectivity index (χ4v) is 3.75. The van der Waals surface area contributed by atoms with E-state index in [0.29, 0.717) is 6.04 Å². The molecule has 0 saturated heterocycles. The molecule has 0 amide bonds. The van der Waals surface area contributed by atoms with Gasteiger partial charge in [0.15, 0.2) is 0 Å². The first kappa shape index (κ1) is 18.0. The fourth-order valence-electron chi connectivity index (χ4n) is 3.75. The molecule has 0 heterocycles. The molecule has 1 atom stereocenters. The Hall–Kier alpha value is -0.0800. The second kappa shape index (κ2) is 9.78. The quantitative estimate of drug-likeness (QED) is 0.575. The summed E-state index contributed by atoms with van der Waals surface area (Å²) in [5.41, 5.74) is 0.112. The third-order valence-electron chi connectivity index (χ3n) is 5.13. The molecule has 0 radical (unpaired) electrons. The van der Waals surface area contributed by atoms with Crippen molar-refractivity contribution >= 4 is 0 Å². The standard InChI is InChI=1S/C18H37NO/c1-5-7-8-9-10-11-17(19-4)18(20-6-2)14-12-16(3)13-15-18/h16-17,19H,5-15H2,1-4H3. The van der Waals surface area contributed by atoms with E-state index in [1.54, 1.807) is 0 Å². The summed E-state index contributed by atoms with van der Waals surface area (Å²) in [5.74, 6) is 0.880. The minimum Gasteiger partial charge on any atom is -0.374 e. The van der Waals surface area contributed by atoms with Crippen LogP contribution >= 0.6 is 0 Å². The molecule has 1 rings (SSSR count). The van der Waals surface area contributed by atoms with Crippen LogP contribution in [0, 0.1) is 5.92 Å². The van der Waals surface area contributed by atoms with Crippen LogP contribution in [-0.4, -0.2) is 25.3 Å². The number of nitrogens with one attached hydrogen (secondary N) is 1. The predicted octanol–water partition coefficient (Wildman–Crippen LogP) is 4.92. The molecule has 0 aliphatic heterocycles. The van der Waals surface area contributed by atoms with Gasteiger partial charge in [0.05, 0.1) is 5.60 Å². The molecule has 2 heteroatoms. The third-order valence-corrected chi connectivity index (χ3v) is 5.13. The van der Waals surface area contributed by atoms with Gasteiger partial charge in [-0.15, -0.1) is 0 Å². The van der Waals surface area contributed by atoms with E-state index in [1.807, 2.05) is 0 Å². The van der Waals surface area contributed by atoms with Crippen molar-refractivity contribution in [1.82, 2.24) is 5.32 Å². The molecule has 2 nitrogen and oxygen atoms in total. The lowest BCUT2D eigenvalue weighted by atomic mass is 9.74. The zero-order valence-electron chi connectivity index (χ0n) is 14.3. The molecule has 0 aromatic heterocycles. The van der Waals surface area contributed by atoms with Gasteiger partial charge in [-0.25, -0.2) is 0 Å². The van der Waals surface area contributed by atoms with E-state index in [-0.39, 0.29) is 5.60 Å². The Bertz CT molecular complexity index is 234. The van der Waals surface area contributed by atoms with Gasteiger partial charge in [0.2, 0.25) is 0 Å². The maximum atomic E-state index is 6.29. The SMILES string of the molecule is CCCCCCCC(NC)C1(OCC)CCC(C)CC1. The Labute approximate surface area is 127 Å². The van der Waals surface area contributed by atoms with Crippen molar-refractivity contribution in [2.45, 2.75) is 96.6 Å². The molecule has 1 aliphatic carbocycles. The highest BCUT2D eigenvalue weighted by Gasteiger charge is 2.40. The third kappa shape index (κ3) is 5.37. The van der Waals surface area contributed by atoms with E-state index in [9.17, 15) is 0 Å². The minimum absolute atomic E-state index is 0.112. The van der Waals surface area contributed by atoms with Crippen molar-refractivity contribution in [3.8, 4) is 0 Å². The number of ether oxygens (including phenoxy) is 1. The minimum atomic E-state index is 0.112. The number of hydrogen-bond acceptors (Lipinski definition) is 2. The first-order valence-corrected chi connectivity index (χ1v) is 8.99. The summed E-state index contributed by atoms with van der Waals surface area (Å²) in [6.07, 6.45) is 13.2. The van der Waals surface area contributed by atoms with Crippen LogP contribution in [-0.2, 0) is 4.74 Å². The molecular weight excluding hydrogens is 246 g/mol. The fraction of sp³-hybridized carbons (Fsp3) is 1.00. The molecule has 0 spiro atoms. The second-order valence-corrected chi connectivity index (χ2v) is 6.72. The van der Waals surface area contributed by atoms with Gasteiger partial charge in [-0.1, -0.05) is 46.0 Å². The van der Waals surface area contributed by atoms with Crippen molar-refractivity contribution in [3.05, 3.63) is 0 Å². The highest BCUT2D eigenvalue weighted by molar-refractivity contribution is 4.96. The molecule has 20 heavy (non-hydrogen) atoms. The molecule has 1 saturated carbocycles. The molecule has 1 N–H and O–H groups in total. The van der Waals surface area contributed by atoms with Gasteiger partial charge >= 0.3 is 0 Å². The van der Waals surface area contributed by atoms with Crippen molar-refractivity contribution in [1.29, 1.82) is 0 Å². The van der Waals surface area contributed by atoms with E-state index in [2.05, 4.69) is 33.1 Å². The lowest BCUT2D eigenvalue weighted by Gasteiger charge is -2.45. The molecule has 0 aromatic carbocycles. The molecule has 1 unspecified atom stereocenters. The Morgan fingerprint density at radius 3 is 2.30 bits per heavy atom. The zero-order valence-corrected chi connectivity index (χ0v) is 14.3. The molecule has 120 valence electrons. The summed E-state index contributed by atoms with van der Waals surface area (Å²) < 4.78 is 6.29. The topological polar surface area (TPSA) is 21.3 Å². The molecule has 1 fully saturated rings. The normalized spacial score (nSPS) is 28.5. The number of unbranched alkanes of at least 4 members (excludes halogenated alkanes) is 4. The number of likely N-dealkylation sites (N-methyl/N-ethyl adjacent to an activating group) is 1. The Balaban J connectivity index is 2.48. The van der Waals surface area contributed by atoms with Gasteiger partial charge in [0.1, 0.15) is 0 Å². The zero-order chi connectivity index (χ0) is 14.8. The first-order chi connectivity index (χ1) is 9.68. The van der Waals surface area contributed by atoms with Gasteiger partial charge in [-0.05, 0) is 52.0 Å². The van der Waals surface area contributed by atoms with Gasteiger partial charge < -0.3 is 10.1 Å². The highest BCUT2D eigenvalue weighted by atomic mass is 16.5. The van der Waals surface area contributed by atoms with E-state index in [1.165, 1.54) is 64.2 Å². The van der Waals surface area contributed by atoms with Crippen molar-refractivity contribution < 1.29 is 4.74 Å². The van der Waals surface area contributed by atoms with Crippen LogP contribution < -0.4 is 5.32 Å². The van der Waals surface area contributed by atoms with Crippen molar-refractivity contribution in [3.63, 3.8) is 0 Å². The molecule has 0 bridgehead atoms. The van der Waals surface area contributed by atoms with Crippen LogP contribution in [0.15, 0.2) is 0 Å². The van der Waals surface area contributed by atoms with Crippen LogP contribution in [0.25, 0.3) is 0 Å². The average molecular weight is 284 g/mol. The second-order valence-electron chi connectivity index (χ2n) is 6.72. The van der Waals surface area contributed by atoms with Crippen molar-refractivity contribution in [2.75, 3.05) is 13.7 Å². The van der Waals surface area contributed by atoms with Crippen LogP contribution in [0.2, 0.25) is 0 Å². The first-order valence-electron chi connectivity index (χ1n) is 8.99. The lowest BCUT2D eigenvalue weighted by molar-refractivity contribution is -0.0967. The molecule has 1 aliphatic rings. The smallest absolute Gasteiger partial charge is 0.0834 e. The maximum absolute atomic E-state index is 6.29. The van der Waals surface area contributed by atoms with E-state index < -0.39 is 0 Å². The van der Waals surface area contributed by atoms with Gasteiger partial charge in [-0.2, -0.15) is 0 Å². The van der Waals surface area contributed by atoms with Crippen LogP contribution in [0.1, 0.15) is 85.0 Å². The summed E-state index contributed by atoms with van der Waals surface area (Å²) in [4.78, 5) is 0. The molecular formula is C18H37NO. The average Bonchev–Trinajstić information content (AvgIpc) is 2.46. The van der Waals surface area contributed by atoms with Gasteiger partial charge in [0.25, 0.3) is 0 Å². The van der Waals surface area contributed by atoms with Crippen LogP contribution in [0.4, 0.5) is 0 Å². The highest BCUT2D eigenvalue weighted by Crippen LogP contribution is 2.38. The Morgan fingerprint density at radius 2 is 1.75 bits per heavy atom. The monoisotopic (exact) mass is 283 g/mol. The summed E-state index contributed by atoms with van der Waals surface area (Å²) in [5, 5.41) is 3.58. The summed E-state index contributed by atoms with van der Waals surface area (Å²) in [6, 6.07) is 0.538. The largest absolute Gasteiger partial charge is 0.374 e. The summed E-state index contributed by atoms with van der Waals surface area (Å²) >= 11 is 0. The van der Waals surface area contributed by atoms with E-state index in [4.69, 9.17) is 4.74 Å². The van der Waals surface area contributed by atoms with Crippen LogP contribution in [0.3, 0.4) is 0 Å². The van der Waals surface area contributed by atoms with Gasteiger partial charge in [-0.3, -0.25) is 0 Å². The predicted molar refractivity (Wildman–Crippen MR) is 88.2 cm³/mol. The summed E-state index contributed by atoms with van der Waals surface area (Å²) in [7, 11) is 2.12. The number of hydrogen-bond donors (Lipinski definition) is 1. The van der Waals surface area contributed by atoms with E-state index in [0.717, 1.165) is 12.5 Å².